The fourth-order valence-corrected chi connectivity index (χ4v) is 4.58. The number of hydrogen-bond donors (Lipinski definition) is 2. The summed E-state index contributed by atoms with van der Waals surface area (Å²) in [5.74, 6) is -0.322. The molecule has 0 saturated heterocycles. The molecule has 1 aromatic heterocycles. The lowest BCUT2D eigenvalue weighted by molar-refractivity contribution is -0.123. The van der Waals surface area contributed by atoms with Crippen LogP contribution in [0.25, 0.3) is 10.2 Å². The van der Waals surface area contributed by atoms with Gasteiger partial charge in [-0.3, -0.25) is 4.79 Å². The highest BCUT2D eigenvalue weighted by Gasteiger charge is 2.31. The number of aromatic nitrogens is 1. The van der Waals surface area contributed by atoms with E-state index in [1.165, 1.54) is 4.70 Å². The van der Waals surface area contributed by atoms with Gasteiger partial charge in [-0.1, -0.05) is 30.8 Å². The van der Waals surface area contributed by atoms with Gasteiger partial charge in [0, 0.05) is 5.25 Å². The quantitative estimate of drug-likeness (QED) is 0.805. The van der Waals surface area contributed by atoms with Crippen LogP contribution in [0.4, 0.5) is 0 Å². The number of carbonyl (C=O) groups excluding carboxylic acids is 1. The Morgan fingerprint density at radius 2 is 2.25 bits per heavy atom. The fourth-order valence-electron chi connectivity index (χ4n) is 2.02. The first-order valence-electron chi connectivity index (χ1n) is 6.45. The van der Waals surface area contributed by atoms with Crippen molar-refractivity contribution >= 4 is 39.2 Å². The molecule has 0 saturated carbocycles. The van der Waals surface area contributed by atoms with Crippen molar-refractivity contribution < 1.29 is 4.79 Å². The molecule has 1 aromatic carbocycles. The summed E-state index contributed by atoms with van der Waals surface area (Å²) >= 11 is 3.37. The molecule has 0 spiro atoms. The Labute approximate surface area is 127 Å². The molecular formula is C14H19N3OS2. The van der Waals surface area contributed by atoms with Crippen LogP contribution in [-0.2, 0) is 4.79 Å². The van der Waals surface area contributed by atoms with E-state index in [0.29, 0.717) is 6.42 Å². The summed E-state index contributed by atoms with van der Waals surface area (Å²) in [5, 5.41) is 3.27. The minimum Gasteiger partial charge on any atom is -0.368 e. The number of primary amides is 1. The lowest BCUT2D eigenvalue weighted by Gasteiger charge is -2.27. The number of carbonyl (C=O) groups is 1. The molecule has 0 aliphatic carbocycles. The van der Waals surface area contributed by atoms with Gasteiger partial charge in [0.25, 0.3) is 0 Å². The summed E-state index contributed by atoms with van der Waals surface area (Å²) in [6.45, 7) is 3.93. The second-order valence-electron chi connectivity index (χ2n) is 5.03. The molecule has 4 nitrogen and oxygen atoms in total. The van der Waals surface area contributed by atoms with Crippen LogP contribution < -0.4 is 11.1 Å². The molecule has 6 heteroatoms. The zero-order valence-electron chi connectivity index (χ0n) is 11.8. The van der Waals surface area contributed by atoms with Crippen molar-refractivity contribution in [2.24, 2.45) is 5.73 Å². The zero-order chi connectivity index (χ0) is 14.8. The number of para-hydroxylation sites is 1. The monoisotopic (exact) mass is 309 g/mol. The van der Waals surface area contributed by atoms with E-state index in [1.54, 1.807) is 30.1 Å². The minimum absolute atomic E-state index is 0.250. The molecule has 2 unspecified atom stereocenters. The van der Waals surface area contributed by atoms with Crippen molar-refractivity contribution in [2.75, 3.05) is 7.05 Å². The smallest absolute Gasteiger partial charge is 0.237 e. The number of benzene rings is 1. The first kappa shape index (κ1) is 15.3. The molecule has 0 aliphatic rings. The number of thiazole rings is 1. The summed E-state index contributed by atoms with van der Waals surface area (Å²) < 4.78 is 2.22. The molecule has 3 N–H and O–H groups in total. The van der Waals surface area contributed by atoms with E-state index < -0.39 is 5.54 Å². The molecule has 108 valence electrons. The largest absolute Gasteiger partial charge is 0.368 e. The highest BCUT2D eigenvalue weighted by Crippen LogP contribution is 2.34. The lowest BCUT2D eigenvalue weighted by Crippen LogP contribution is -2.52. The van der Waals surface area contributed by atoms with Crippen LogP contribution in [-0.4, -0.2) is 28.7 Å². The number of nitrogens with two attached hydrogens (primary N) is 1. The maximum absolute atomic E-state index is 11.5. The zero-order valence-corrected chi connectivity index (χ0v) is 13.5. The molecule has 0 aliphatic heterocycles. The Kier molecular flexibility index (Phi) is 4.67. The average molecular weight is 309 g/mol. The Bertz CT molecular complexity index is 580. The van der Waals surface area contributed by atoms with E-state index in [-0.39, 0.29) is 11.2 Å². The number of nitrogens with one attached hydrogen (secondary N) is 1. The maximum Gasteiger partial charge on any atom is 0.237 e. The number of fused-ring (bicyclic) bond motifs is 1. The average Bonchev–Trinajstić information content (AvgIpc) is 2.79. The van der Waals surface area contributed by atoms with Crippen molar-refractivity contribution in [1.82, 2.24) is 10.3 Å². The molecule has 1 amide bonds. The first-order chi connectivity index (χ1) is 9.44. The fraction of sp³-hybridized carbons (Fsp3) is 0.429. The van der Waals surface area contributed by atoms with E-state index in [9.17, 15) is 4.79 Å². The van der Waals surface area contributed by atoms with Gasteiger partial charge < -0.3 is 11.1 Å². The number of thioether (sulfide) groups is 1. The molecule has 20 heavy (non-hydrogen) atoms. The molecule has 0 bridgehead atoms. The number of hydrogen-bond acceptors (Lipinski definition) is 5. The van der Waals surface area contributed by atoms with Gasteiger partial charge in [0.2, 0.25) is 5.91 Å². The number of nitrogens with zero attached hydrogens (tertiary/aromatic N) is 1. The van der Waals surface area contributed by atoms with Gasteiger partial charge in [-0.2, -0.15) is 0 Å². The summed E-state index contributed by atoms with van der Waals surface area (Å²) in [4.78, 5) is 16.1. The SMILES string of the molecule is CNC(C)(CC(C)Sc1nc2ccccc2s1)C(N)=O. The number of rotatable bonds is 6. The van der Waals surface area contributed by atoms with Crippen molar-refractivity contribution in [2.45, 2.75) is 35.4 Å². The molecule has 2 aromatic rings. The highest BCUT2D eigenvalue weighted by atomic mass is 32.2. The number of amides is 1. The van der Waals surface area contributed by atoms with Gasteiger partial charge >= 0.3 is 0 Å². The molecule has 0 fully saturated rings. The van der Waals surface area contributed by atoms with E-state index in [4.69, 9.17) is 5.73 Å². The number of likely N-dealkylation sites (N-methyl/N-ethyl adjacent to an activating group) is 1. The summed E-state index contributed by atoms with van der Waals surface area (Å²) in [6.07, 6.45) is 0.666. The molecular weight excluding hydrogens is 290 g/mol. The Morgan fingerprint density at radius 3 is 2.85 bits per heavy atom. The van der Waals surface area contributed by atoms with Crippen LogP contribution in [0.1, 0.15) is 20.3 Å². The third-order valence-electron chi connectivity index (χ3n) is 3.37. The Morgan fingerprint density at radius 1 is 1.55 bits per heavy atom. The molecule has 2 atom stereocenters. The van der Waals surface area contributed by atoms with E-state index in [0.717, 1.165) is 9.86 Å². The van der Waals surface area contributed by atoms with Crippen LogP contribution in [0, 0.1) is 0 Å². The second-order valence-corrected chi connectivity index (χ2v) is 7.74. The van der Waals surface area contributed by atoms with Crippen molar-refractivity contribution in [3.63, 3.8) is 0 Å². The van der Waals surface area contributed by atoms with Crippen LogP contribution >= 0.6 is 23.1 Å². The first-order valence-corrected chi connectivity index (χ1v) is 8.15. The Hall–Kier alpha value is -1.11. The van der Waals surface area contributed by atoms with Crippen molar-refractivity contribution in [1.29, 1.82) is 0 Å². The third kappa shape index (κ3) is 3.31. The molecule has 1 heterocycles. The van der Waals surface area contributed by atoms with Crippen LogP contribution in [0.2, 0.25) is 0 Å². The normalized spacial score (nSPS) is 15.9. The van der Waals surface area contributed by atoms with Crippen molar-refractivity contribution in [3.05, 3.63) is 24.3 Å². The van der Waals surface area contributed by atoms with Gasteiger partial charge in [-0.25, -0.2) is 4.98 Å². The van der Waals surface area contributed by atoms with Crippen LogP contribution in [0.5, 0.6) is 0 Å². The maximum atomic E-state index is 11.5. The van der Waals surface area contributed by atoms with Gasteiger partial charge in [0.15, 0.2) is 4.34 Å². The van der Waals surface area contributed by atoms with Crippen molar-refractivity contribution in [3.8, 4) is 0 Å². The van der Waals surface area contributed by atoms with Gasteiger partial charge in [-0.05, 0) is 32.5 Å². The third-order valence-corrected chi connectivity index (χ3v) is 5.60. The topological polar surface area (TPSA) is 68.0 Å². The highest BCUT2D eigenvalue weighted by molar-refractivity contribution is 8.01. The Balaban J connectivity index is 2.07. The molecule has 2 rings (SSSR count). The van der Waals surface area contributed by atoms with E-state index in [1.807, 2.05) is 25.1 Å². The van der Waals surface area contributed by atoms with Crippen LogP contribution in [0.3, 0.4) is 0 Å². The second kappa shape index (κ2) is 6.11. The van der Waals surface area contributed by atoms with E-state index >= 15 is 0 Å². The minimum atomic E-state index is -0.677. The summed E-state index contributed by atoms with van der Waals surface area (Å²) in [7, 11) is 1.76. The predicted octanol–water partition coefficient (Wildman–Crippen LogP) is 2.63. The lowest BCUT2D eigenvalue weighted by atomic mass is 9.95. The standard InChI is InChI=1S/C14H19N3OS2/c1-9(8-14(2,16-3)12(15)18)19-13-17-10-6-4-5-7-11(10)20-13/h4-7,9,16H,8H2,1-3H3,(H2,15,18). The molecule has 0 radical (unpaired) electrons. The van der Waals surface area contributed by atoms with Gasteiger partial charge in [-0.15, -0.1) is 11.3 Å². The summed E-state index contributed by atoms with van der Waals surface area (Å²) in [5.41, 5.74) is 5.81. The van der Waals surface area contributed by atoms with Crippen LogP contribution in [0.15, 0.2) is 28.6 Å². The predicted molar refractivity (Wildman–Crippen MR) is 86.2 cm³/mol. The van der Waals surface area contributed by atoms with E-state index in [2.05, 4.69) is 23.3 Å². The summed E-state index contributed by atoms with van der Waals surface area (Å²) in [6, 6.07) is 8.10. The van der Waals surface area contributed by atoms with Gasteiger partial charge in [0.1, 0.15) is 0 Å². The van der Waals surface area contributed by atoms with Gasteiger partial charge in [0.05, 0.1) is 15.8 Å².